The average molecular weight is 422 g/mol. The van der Waals surface area contributed by atoms with Crippen molar-refractivity contribution < 1.29 is 17.9 Å². The Morgan fingerprint density at radius 3 is 2.68 bits per heavy atom. The molecular weight excluding hydrogens is 398 g/mol. The van der Waals surface area contributed by atoms with Crippen LogP contribution in [0.5, 0.6) is 5.75 Å². The van der Waals surface area contributed by atoms with Crippen LogP contribution < -0.4 is 10.1 Å². The van der Waals surface area contributed by atoms with Gasteiger partial charge in [-0.25, -0.2) is 13.4 Å². The number of methoxy groups -OCH3 is 1. The van der Waals surface area contributed by atoms with Crippen LogP contribution in [0, 0.1) is 0 Å². The van der Waals surface area contributed by atoms with E-state index in [4.69, 9.17) is 4.74 Å². The number of ether oxygens (including phenoxy) is 1. The molecule has 3 rings (SSSR count). The van der Waals surface area contributed by atoms with Gasteiger partial charge in [-0.15, -0.1) is 0 Å². The molecule has 7 nitrogen and oxygen atoms in total. The van der Waals surface area contributed by atoms with E-state index in [1.54, 1.807) is 18.3 Å². The second-order valence-electron chi connectivity index (χ2n) is 6.34. The van der Waals surface area contributed by atoms with E-state index in [-0.39, 0.29) is 22.3 Å². The normalized spacial score (nSPS) is 15.2. The van der Waals surface area contributed by atoms with Gasteiger partial charge >= 0.3 is 0 Å². The number of pyridine rings is 1. The largest absolute Gasteiger partial charge is 0.495 e. The summed E-state index contributed by atoms with van der Waals surface area (Å²) in [7, 11) is -2.24. The summed E-state index contributed by atoms with van der Waals surface area (Å²) in [6, 6.07) is 10.2. The van der Waals surface area contributed by atoms with E-state index >= 15 is 0 Å². The summed E-state index contributed by atoms with van der Waals surface area (Å²) in [6.45, 7) is 1.01. The second-order valence-corrected chi connectivity index (χ2v) is 9.24. The Bertz CT molecular complexity index is 914. The van der Waals surface area contributed by atoms with Crippen LogP contribution in [-0.4, -0.2) is 49.6 Å². The SMILES string of the molecule is COc1ccc(NC(=O)CSc2ccccn2)cc1S(=O)(=O)N1CCCCC1. The lowest BCUT2D eigenvalue weighted by molar-refractivity contribution is -0.113. The molecule has 9 heteroatoms. The summed E-state index contributed by atoms with van der Waals surface area (Å²) in [6.07, 6.45) is 4.40. The van der Waals surface area contributed by atoms with Gasteiger partial charge in [0, 0.05) is 25.0 Å². The first kappa shape index (κ1) is 20.6. The maximum atomic E-state index is 13.0. The number of benzene rings is 1. The molecule has 1 aliphatic heterocycles. The molecule has 1 aromatic carbocycles. The number of carbonyl (C=O) groups is 1. The Morgan fingerprint density at radius 2 is 2.00 bits per heavy atom. The highest BCUT2D eigenvalue weighted by Gasteiger charge is 2.29. The molecule has 1 N–H and O–H groups in total. The van der Waals surface area contributed by atoms with Crippen LogP contribution in [-0.2, 0) is 14.8 Å². The fraction of sp³-hybridized carbons (Fsp3) is 0.368. The first-order chi connectivity index (χ1) is 13.5. The number of nitrogens with zero attached hydrogens (tertiary/aromatic N) is 2. The standard InChI is InChI=1S/C19H23N3O4S2/c1-26-16-9-8-15(21-18(23)14-27-19-7-3-4-10-20-19)13-17(16)28(24,25)22-11-5-2-6-12-22/h3-4,7-10,13H,2,5-6,11-12,14H2,1H3,(H,21,23). The zero-order valence-corrected chi connectivity index (χ0v) is 17.3. The minimum Gasteiger partial charge on any atom is -0.495 e. The van der Waals surface area contributed by atoms with Crippen molar-refractivity contribution in [3.8, 4) is 5.75 Å². The molecule has 0 bridgehead atoms. The molecule has 2 aromatic rings. The predicted molar refractivity (Wildman–Crippen MR) is 109 cm³/mol. The van der Waals surface area contributed by atoms with E-state index in [0.717, 1.165) is 24.3 Å². The third kappa shape index (κ3) is 5.03. The first-order valence-corrected chi connectivity index (χ1v) is 11.4. The summed E-state index contributed by atoms with van der Waals surface area (Å²) in [5, 5.41) is 3.50. The van der Waals surface area contributed by atoms with Gasteiger partial charge < -0.3 is 10.1 Å². The monoisotopic (exact) mass is 421 g/mol. The summed E-state index contributed by atoms with van der Waals surface area (Å²) < 4.78 is 32.8. The molecular formula is C19H23N3O4S2. The minimum absolute atomic E-state index is 0.0760. The van der Waals surface area contributed by atoms with Crippen LogP contribution in [0.3, 0.4) is 0 Å². The van der Waals surface area contributed by atoms with Crippen molar-refractivity contribution in [3.63, 3.8) is 0 Å². The molecule has 28 heavy (non-hydrogen) atoms. The molecule has 0 atom stereocenters. The summed E-state index contributed by atoms with van der Waals surface area (Å²) in [5.74, 6) is 0.214. The number of anilines is 1. The summed E-state index contributed by atoms with van der Waals surface area (Å²) >= 11 is 1.31. The summed E-state index contributed by atoms with van der Waals surface area (Å²) in [5.41, 5.74) is 0.419. The van der Waals surface area contributed by atoms with Crippen LogP contribution in [0.4, 0.5) is 5.69 Å². The van der Waals surface area contributed by atoms with Crippen molar-refractivity contribution in [1.82, 2.24) is 9.29 Å². The Kier molecular flexibility index (Phi) is 6.93. The highest BCUT2D eigenvalue weighted by Crippen LogP contribution is 2.31. The van der Waals surface area contributed by atoms with Crippen LogP contribution in [0.25, 0.3) is 0 Å². The predicted octanol–water partition coefficient (Wildman–Crippen LogP) is 3.00. The molecule has 0 spiro atoms. The number of amides is 1. The molecule has 2 heterocycles. The van der Waals surface area contributed by atoms with Gasteiger partial charge in [0.05, 0.1) is 17.9 Å². The number of piperidine rings is 1. The van der Waals surface area contributed by atoms with Gasteiger partial charge in [0.25, 0.3) is 0 Å². The molecule has 150 valence electrons. The third-order valence-corrected chi connectivity index (χ3v) is 7.23. The van der Waals surface area contributed by atoms with E-state index in [1.165, 1.54) is 29.2 Å². The van der Waals surface area contributed by atoms with Gasteiger partial charge in [-0.1, -0.05) is 24.2 Å². The van der Waals surface area contributed by atoms with Crippen LogP contribution >= 0.6 is 11.8 Å². The molecule has 1 aliphatic rings. The van der Waals surface area contributed by atoms with Gasteiger partial charge in [0.2, 0.25) is 15.9 Å². The lowest BCUT2D eigenvalue weighted by atomic mass is 10.2. The van der Waals surface area contributed by atoms with Crippen molar-refractivity contribution >= 4 is 33.4 Å². The number of aromatic nitrogens is 1. The van der Waals surface area contributed by atoms with Gasteiger partial charge in [-0.05, 0) is 43.2 Å². The fourth-order valence-corrected chi connectivity index (χ4v) is 5.33. The Labute approximate surface area is 169 Å². The van der Waals surface area contributed by atoms with E-state index < -0.39 is 10.0 Å². The van der Waals surface area contributed by atoms with Crippen molar-refractivity contribution in [2.24, 2.45) is 0 Å². The van der Waals surface area contributed by atoms with Gasteiger partial charge in [-0.2, -0.15) is 4.31 Å². The van der Waals surface area contributed by atoms with Crippen LogP contribution in [0.1, 0.15) is 19.3 Å². The molecule has 1 amide bonds. The zero-order valence-electron chi connectivity index (χ0n) is 15.6. The van der Waals surface area contributed by atoms with Crippen molar-refractivity contribution in [2.45, 2.75) is 29.2 Å². The summed E-state index contributed by atoms with van der Waals surface area (Å²) in [4.78, 5) is 16.5. The maximum absolute atomic E-state index is 13.0. The van der Waals surface area contributed by atoms with E-state index in [9.17, 15) is 13.2 Å². The smallest absolute Gasteiger partial charge is 0.246 e. The first-order valence-electron chi connectivity index (χ1n) is 9.02. The van der Waals surface area contributed by atoms with Gasteiger partial charge in [0.15, 0.2) is 0 Å². The van der Waals surface area contributed by atoms with Gasteiger partial charge in [0.1, 0.15) is 10.6 Å². The zero-order chi connectivity index (χ0) is 20.0. The second kappa shape index (κ2) is 9.40. The topological polar surface area (TPSA) is 88.6 Å². The Balaban J connectivity index is 1.74. The molecule has 0 unspecified atom stereocenters. The molecule has 0 aliphatic carbocycles. The highest BCUT2D eigenvalue weighted by atomic mass is 32.2. The number of nitrogens with one attached hydrogen (secondary N) is 1. The molecule has 0 radical (unpaired) electrons. The number of sulfonamides is 1. The van der Waals surface area contributed by atoms with Gasteiger partial charge in [-0.3, -0.25) is 4.79 Å². The lowest BCUT2D eigenvalue weighted by Gasteiger charge is -2.26. The van der Waals surface area contributed by atoms with Crippen LogP contribution in [0.15, 0.2) is 52.5 Å². The minimum atomic E-state index is -3.68. The third-order valence-electron chi connectivity index (χ3n) is 4.37. The lowest BCUT2D eigenvalue weighted by Crippen LogP contribution is -2.35. The van der Waals surface area contributed by atoms with Crippen molar-refractivity contribution in [1.29, 1.82) is 0 Å². The number of thioether (sulfide) groups is 1. The molecule has 1 fully saturated rings. The number of hydrogen-bond donors (Lipinski definition) is 1. The van der Waals surface area contributed by atoms with E-state index in [0.29, 0.717) is 18.8 Å². The number of hydrogen-bond acceptors (Lipinski definition) is 6. The molecule has 1 saturated heterocycles. The number of carbonyl (C=O) groups excluding carboxylic acids is 1. The maximum Gasteiger partial charge on any atom is 0.246 e. The highest BCUT2D eigenvalue weighted by molar-refractivity contribution is 7.99. The van der Waals surface area contributed by atoms with E-state index in [1.807, 2.05) is 18.2 Å². The quantitative estimate of drug-likeness (QED) is 0.692. The fourth-order valence-electron chi connectivity index (χ4n) is 2.97. The molecule has 0 saturated carbocycles. The average Bonchev–Trinajstić information content (AvgIpc) is 2.73. The Hall–Kier alpha value is -2.10. The Morgan fingerprint density at radius 1 is 1.21 bits per heavy atom. The van der Waals surface area contributed by atoms with E-state index in [2.05, 4.69) is 10.3 Å². The molecule has 1 aromatic heterocycles. The van der Waals surface area contributed by atoms with Crippen LogP contribution in [0.2, 0.25) is 0 Å². The number of rotatable bonds is 7. The van der Waals surface area contributed by atoms with Crippen molar-refractivity contribution in [3.05, 3.63) is 42.6 Å². The van der Waals surface area contributed by atoms with Crippen molar-refractivity contribution in [2.75, 3.05) is 31.3 Å².